The van der Waals surface area contributed by atoms with Crippen LogP contribution in [0.4, 0.5) is 13.6 Å². The normalized spacial score (nSPS) is 15.8. The van der Waals surface area contributed by atoms with Crippen LogP contribution in [0.2, 0.25) is 0 Å². The van der Waals surface area contributed by atoms with E-state index in [-0.39, 0.29) is 17.0 Å². The van der Waals surface area contributed by atoms with Gasteiger partial charge in [-0.1, -0.05) is 0 Å². The molecular weight excluding hydrogens is 380 g/mol. The Morgan fingerprint density at radius 2 is 1.86 bits per heavy atom. The zero-order chi connectivity index (χ0) is 21.4. The zero-order valence-electron chi connectivity index (χ0n) is 17.4. The number of carbonyl (C=O) groups is 2. The molecule has 29 heavy (non-hydrogen) atoms. The largest absolute Gasteiger partial charge is 0.444 e. The number of likely N-dealkylation sites (tertiary alicyclic amines) is 1. The van der Waals surface area contributed by atoms with Gasteiger partial charge < -0.3 is 20.3 Å². The number of halogens is 2. The summed E-state index contributed by atoms with van der Waals surface area (Å²) in [4.78, 5) is 26.1. The molecular formula is C21H31F2N3O3. The number of nitrogens with zero attached hydrogens (tertiary/aromatic N) is 1. The van der Waals surface area contributed by atoms with Gasteiger partial charge in [0, 0.05) is 25.2 Å². The van der Waals surface area contributed by atoms with Gasteiger partial charge in [-0.15, -0.1) is 0 Å². The van der Waals surface area contributed by atoms with E-state index in [9.17, 15) is 18.4 Å². The summed E-state index contributed by atoms with van der Waals surface area (Å²) in [5.74, 6) is -0.662. The lowest BCUT2D eigenvalue weighted by molar-refractivity contribution is 0.0519. The Bertz CT molecular complexity index is 699. The molecule has 0 aromatic heterocycles. The predicted octanol–water partition coefficient (Wildman–Crippen LogP) is 3.26. The molecule has 1 aromatic carbocycles. The number of hydrogen-bond acceptors (Lipinski definition) is 4. The number of rotatable bonds is 7. The molecule has 1 saturated heterocycles. The molecule has 162 valence electrons. The number of hydrogen-bond donors (Lipinski definition) is 2. The SMILES string of the molecule is CC(C)(C)OC(=O)NCCN1CCC(CNC(=O)c2cc(F)cc(CF)c2)CC1. The number of piperidine rings is 1. The zero-order valence-corrected chi connectivity index (χ0v) is 17.4. The first-order valence-corrected chi connectivity index (χ1v) is 9.99. The van der Waals surface area contributed by atoms with E-state index >= 15 is 0 Å². The fourth-order valence-electron chi connectivity index (χ4n) is 3.24. The molecule has 6 nitrogen and oxygen atoms in total. The van der Waals surface area contributed by atoms with Gasteiger partial charge >= 0.3 is 6.09 Å². The Hall–Kier alpha value is -2.22. The summed E-state index contributed by atoms with van der Waals surface area (Å²) >= 11 is 0. The molecule has 8 heteroatoms. The van der Waals surface area contributed by atoms with Gasteiger partial charge in [-0.05, 0) is 76.4 Å². The summed E-state index contributed by atoms with van der Waals surface area (Å²) in [5, 5.41) is 5.57. The number of alkyl carbamates (subject to hydrolysis) is 1. The van der Waals surface area contributed by atoms with Gasteiger partial charge in [0.1, 0.15) is 18.1 Å². The van der Waals surface area contributed by atoms with Gasteiger partial charge in [-0.3, -0.25) is 4.79 Å². The highest BCUT2D eigenvalue weighted by molar-refractivity contribution is 5.94. The van der Waals surface area contributed by atoms with E-state index < -0.39 is 24.2 Å². The summed E-state index contributed by atoms with van der Waals surface area (Å²) in [6.45, 7) is 8.19. The molecule has 0 atom stereocenters. The van der Waals surface area contributed by atoms with Gasteiger partial charge in [0.2, 0.25) is 0 Å². The second-order valence-corrected chi connectivity index (χ2v) is 8.41. The van der Waals surface area contributed by atoms with Gasteiger partial charge in [0.05, 0.1) is 0 Å². The summed E-state index contributed by atoms with van der Waals surface area (Å²) in [5.41, 5.74) is -0.210. The van der Waals surface area contributed by atoms with Gasteiger partial charge in [0.15, 0.2) is 0 Å². The third-order valence-corrected chi connectivity index (χ3v) is 4.73. The molecule has 0 unspecified atom stereocenters. The van der Waals surface area contributed by atoms with Crippen molar-refractivity contribution in [3.8, 4) is 0 Å². The number of nitrogens with one attached hydrogen (secondary N) is 2. The molecule has 1 aromatic rings. The van der Waals surface area contributed by atoms with Crippen molar-refractivity contribution in [3.05, 3.63) is 35.1 Å². The maximum absolute atomic E-state index is 13.5. The molecule has 1 aliphatic heterocycles. The van der Waals surface area contributed by atoms with Crippen molar-refractivity contribution >= 4 is 12.0 Å². The van der Waals surface area contributed by atoms with Crippen LogP contribution in [0.3, 0.4) is 0 Å². The first-order chi connectivity index (χ1) is 13.7. The van der Waals surface area contributed by atoms with Crippen LogP contribution in [-0.4, -0.2) is 55.2 Å². The maximum Gasteiger partial charge on any atom is 0.407 e. The van der Waals surface area contributed by atoms with Crippen LogP contribution in [0.25, 0.3) is 0 Å². The van der Waals surface area contributed by atoms with E-state index in [1.165, 1.54) is 6.07 Å². The Kier molecular flexibility index (Phi) is 8.37. The molecule has 0 radical (unpaired) electrons. The molecule has 0 saturated carbocycles. The smallest absolute Gasteiger partial charge is 0.407 e. The molecule has 2 amide bonds. The summed E-state index contributed by atoms with van der Waals surface area (Å²) < 4.78 is 31.4. The van der Waals surface area contributed by atoms with Crippen LogP contribution in [-0.2, 0) is 11.4 Å². The van der Waals surface area contributed by atoms with Crippen LogP contribution in [0.15, 0.2) is 18.2 Å². The first kappa shape index (κ1) is 23.1. The lowest BCUT2D eigenvalue weighted by Gasteiger charge is -2.32. The molecule has 0 aliphatic carbocycles. The van der Waals surface area contributed by atoms with Gasteiger partial charge in [-0.25, -0.2) is 13.6 Å². The lowest BCUT2D eigenvalue weighted by atomic mass is 9.96. The topological polar surface area (TPSA) is 70.7 Å². The second-order valence-electron chi connectivity index (χ2n) is 8.41. The van der Waals surface area contributed by atoms with Crippen LogP contribution in [0, 0.1) is 11.7 Å². The third-order valence-electron chi connectivity index (χ3n) is 4.73. The van der Waals surface area contributed by atoms with E-state index in [0.717, 1.165) is 44.6 Å². The van der Waals surface area contributed by atoms with E-state index in [1.807, 2.05) is 20.8 Å². The molecule has 1 aliphatic rings. The highest BCUT2D eigenvalue weighted by atomic mass is 19.1. The Morgan fingerprint density at radius 3 is 2.48 bits per heavy atom. The van der Waals surface area contributed by atoms with E-state index in [1.54, 1.807) is 0 Å². The van der Waals surface area contributed by atoms with Crippen molar-refractivity contribution in [1.29, 1.82) is 0 Å². The van der Waals surface area contributed by atoms with Crippen LogP contribution < -0.4 is 10.6 Å². The molecule has 1 fully saturated rings. The quantitative estimate of drug-likeness (QED) is 0.723. The number of ether oxygens (including phenoxy) is 1. The van der Waals surface area contributed by atoms with E-state index in [0.29, 0.717) is 19.0 Å². The summed E-state index contributed by atoms with van der Waals surface area (Å²) in [6.07, 6.45) is 1.43. The minimum absolute atomic E-state index is 0.142. The highest BCUT2D eigenvalue weighted by Gasteiger charge is 2.21. The summed E-state index contributed by atoms with van der Waals surface area (Å²) in [7, 11) is 0. The standard InChI is InChI=1S/C21H31F2N3O3/c1-21(2,3)29-20(28)24-6-9-26-7-4-15(5-8-26)14-25-19(27)17-10-16(13-22)11-18(23)12-17/h10-12,15H,4-9,13-14H2,1-3H3,(H,24,28)(H,25,27). The lowest BCUT2D eigenvalue weighted by Crippen LogP contribution is -2.42. The number of benzene rings is 1. The van der Waals surface area contributed by atoms with E-state index in [2.05, 4.69) is 15.5 Å². The monoisotopic (exact) mass is 411 g/mol. The highest BCUT2D eigenvalue weighted by Crippen LogP contribution is 2.17. The number of alkyl halides is 1. The van der Waals surface area contributed by atoms with Crippen molar-refractivity contribution in [1.82, 2.24) is 15.5 Å². The summed E-state index contributed by atoms with van der Waals surface area (Å²) in [6, 6.07) is 3.58. The predicted molar refractivity (Wildman–Crippen MR) is 107 cm³/mol. The van der Waals surface area contributed by atoms with Crippen molar-refractivity contribution < 1.29 is 23.1 Å². The average Bonchev–Trinajstić information content (AvgIpc) is 2.65. The van der Waals surface area contributed by atoms with Crippen LogP contribution in [0.1, 0.15) is 49.5 Å². The maximum atomic E-state index is 13.5. The van der Waals surface area contributed by atoms with Gasteiger partial charge in [-0.2, -0.15) is 0 Å². The van der Waals surface area contributed by atoms with Gasteiger partial charge in [0.25, 0.3) is 5.91 Å². The number of amides is 2. The third kappa shape index (κ3) is 8.35. The Labute approximate surface area is 171 Å². The minimum Gasteiger partial charge on any atom is -0.444 e. The average molecular weight is 411 g/mol. The Balaban J connectivity index is 1.66. The fourth-order valence-corrected chi connectivity index (χ4v) is 3.24. The van der Waals surface area contributed by atoms with Crippen LogP contribution in [0.5, 0.6) is 0 Å². The fraction of sp³-hybridized carbons (Fsp3) is 0.619. The molecule has 2 N–H and O–H groups in total. The molecule has 2 rings (SSSR count). The minimum atomic E-state index is -0.806. The second kappa shape index (κ2) is 10.5. The molecule has 1 heterocycles. The van der Waals surface area contributed by atoms with Crippen LogP contribution >= 0.6 is 0 Å². The molecule has 0 spiro atoms. The van der Waals surface area contributed by atoms with Crippen molar-refractivity contribution in [2.75, 3.05) is 32.7 Å². The Morgan fingerprint density at radius 1 is 1.17 bits per heavy atom. The van der Waals surface area contributed by atoms with Crippen molar-refractivity contribution in [2.24, 2.45) is 5.92 Å². The van der Waals surface area contributed by atoms with Crippen molar-refractivity contribution in [3.63, 3.8) is 0 Å². The van der Waals surface area contributed by atoms with E-state index in [4.69, 9.17) is 4.74 Å². The first-order valence-electron chi connectivity index (χ1n) is 9.99. The number of carbonyl (C=O) groups excluding carboxylic acids is 2. The molecule has 0 bridgehead atoms. The van der Waals surface area contributed by atoms with Crippen molar-refractivity contribution in [2.45, 2.75) is 45.9 Å².